The van der Waals surface area contributed by atoms with E-state index in [4.69, 9.17) is 4.74 Å². The van der Waals surface area contributed by atoms with Gasteiger partial charge in [0.05, 0.1) is 23.5 Å². The summed E-state index contributed by atoms with van der Waals surface area (Å²) in [6.07, 6.45) is 2.10. The number of aromatic nitrogens is 1. The van der Waals surface area contributed by atoms with Crippen molar-refractivity contribution in [2.45, 2.75) is 19.4 Å². The topological polar surface area (TPSA) is 31.2 Å². The minimum atomic E-state index is 0.105. The molecule has 0 N–H and O–H groups in total. The van der Waals surface area contributed by atoms with Crippen molar-refractivity contribution in [1.29, 1.82) is 0 Å². The summed E-state index contributed by atoms with van der Waals surface area (Å²) in [7, 11) is 1.65. The summed E-state index contributed by atoms with van der Waals surface area (Å²) in [4.78, 5) is 12.7. The van der Waals surface area contributed by atoms with Gasteiger partial charge in [0.25, 0.3) is 0 Å². The maximum Gasteiger partial charge on any atom is 0.197 e. The van der Waals surface area contributed by atoms with E-state index in [9.17, 15) is 4.79 Å². The zero-order chi connectivity index (χ0) is 13.7. The van der Waals surface area contributed by atoms with Crippen LogP contribution in [0.15, 0.2) is 41.2 Å². The molecule has 1 aliphatic rings. The van der Waals surface area contributed by atoms with Gasteiger partial charge in [0, 0.05) is 11.9 Å². The summed E-state index contributed by atoms with van der Waals surface area (Å²) >= 11 is 0. The van der Waals surface area contributed by atoms with Gasteiger partial charge < -0.3 is 9.30 Å². The van der Waals surface area contributed by atoms with Crippen LogP contribution in [0.2, 0.25) is 0 Å². The Bertz CT molecular complexity index is 893. The Hall–Kier alpha value is -2.29. The third-order valence-electron chi connectivity index (χ3n) is 4.18. The number of methoxy groups -OCH3 is 1. The molecular weight excluding hydrogens is 250 g/mol. The Labute approximate surface area is 116 Å². The van der Waals surface area contributed by atoms with Crippen molar-refractivity contribution in [3.63, 3.8) is 0 Å². The minimum Gasteiger partial charge on any atom is -0.497 e. The monoisotopic (exact) mass is 265 g/mol. The number of ether oxygens (including phenoxy) is 1. The highest BCUT2D eigenvalue weighted by Gasteiger charge is 2.18. The highest BCUT2D eigenvalue weighted by atomic mass is 16.5. The van der Waals surface area contributed by atoms with Gasteiger partial charge in [-0.1, -0.05) is 12.1 Å². The van der Waals surface area contributed by atoms with Crippen molar-refractivity contribution in [1.82, 2.24) is 4.57 Å². The second kappa shape index (κ2) is 4.10. The molecular formula is C17H15NO2. The quantitative estimate of drug-likeness (QED) is 0.633. The minimum absolute atomic E-state index is 0.105. The second-order valence-corrected chi connectivity index (χ2v) is 5.28. The lowest BCUT2D eigenvalue weighted by Gasteiger charge is -2.22. The van der Waals surface area contributed by atoms with Gasteiger partial charge in [0.15, 0.2) is 5.43 Å². The van der Waals surface area contributed by atoms with Crippen LogP contribution in [0.5, 0.6) is 5.75 Å². The molecule has 0 spiro atoms. The van der Waals surface area contributed by atoms with Crippen LogP contribution in [-0.2, 0) is 13.0 Å². The fourth-order valence-corrected chi connectivity index (χ4v) is 3.29. The molecule has 4 rings (SSSR count). The Morgan fingerprint density at radius 2 is 2.00 bits per heavy atom. The van der Waals surface area contributed by atoms with Crippen molar-refractivity contribution in [2.75, 3.05) is 7.11 Å². The summed E-state index contributed by atoms with van der Waals surface area (Å²) in [5.74, 6) is 0.772. The van der Waals surface area contributed by atoms with Crippen molar-refractivity contribution >= 4 is 21.8 Å². The van der Waals surface area contributed by atoms with Gasteiger partial charge in [-0.2, -0.15) is 0 Å². The van der Waals surface area contributed by atoms with Crippen LogP contribution >= 0.6 is 0 Å². The summed E-state index contributed by atoms with van der Waals surface area (Å²) in [5.41, 5.74) is 3.44. The average molecular weight is 265 g/mol. The molecule has 3 nitrogen and oxygen atoms in total. The van der Waals surface area contributed by atoms with Gasteiger partial charge in [-0.05, 0) is 42.7 Å². The predicted molar refractivity (Wildman–Crippen MR) is 80.6 cm³/mol. The summed E-state index contributed by atoms with van der Waals surface area (Å²) in [5, 5.41) is 1.57. The number of para-hydroxylation sites is 1. The van der Waals surface area contributed by atoms with E-state index < -0.39 is 0 Å². The summed E-state index contributed by atoms with van der Waals surface area (Å²) in [6, 6.07) is 11.8. The van der Waals surface area contributed by atoms with Gasteiger partial charge in [-0.3, -0.25) is 4.79 Å². The van der Waals surface area contributed by atoms with Gasteiger partial charge in [-0.15, -0.1) is 0 Å². The van der Waals surface area contributed by atoms with E-state index in [0.29, 0.717) is 0 Å². The average Bonchev–Trinajstić information content (AvgIpc) is 2.51. The zero-order valence-electron chi connectivity index (χ0n) is 11.3. The highest BCUT2D eigenvalue weighted by Crippen LogP contribution is 2.30. The van der Waals surface area contributed by atoms with Crippen LogP contribution in [0.1, 0.15) is 12.0 Å². The molecule has 0 atom stereocenters. The van der Waals surface area contributed by atoms with Crippen molar-refractivity contribution in [2.24, 2.45) is 0 Å². The van der Waals surface area contributed by atoms with E-state index >= 15 is 0 Å². The summed E-state index contributed by atoms with van der Waals surface area (Å²) in [6.45, 7) is 0.969. The van der Waals surface area contributed by atoms with Gasteiger partial charge in [-0.25, -0.2) is 0 Å². The smallest absolute Gasteiger partial charge is 0.197 e. The lowest BCUT2D eigenvalue weighted by Crippen LogP contribution is -2.17. The lowest BCUT2D eigenvalue weighted by atomic mass is 9.98. The van der Waals surface area contributed by atoms with E-state index in [2.05, 4.69) is 10.6 Å². The second-order valence-electron chi connectivity index (χ2n) is 5.28. The van der Waals surface area contributed by atoms with Crippen LogP contribution in [0, 0.1) is 0 Å². The van der Waals surface area contributed by atoms with Crippen LogP contribution < -0.4 is 10.2 Å². The van der Waals surface area contributed by atoms with E-state index in [-0.39, 0.29) is 5.43 Å². The normalized spacial score (nSPS) is 13.8. The molecule has 0 unspecified atom stereocenters. The number of rotatable bonds is 1. The molecule has 0 fully saturated rings. The number of hydrogen-bond acceptors (Lipinski definition) is 2. The summed E-state index contributed by atoms with van der Waals surface area (Å²) < 4.78 is 7.63. The predicted octanol–water partition coefficient (Wildman–Crippen LogP) is 3.11. The first-order valence-electron chi connectivity index (χ1n) is 6.92. The Kier molecular flexibility index (Phi) is 2.36. The van der Waals surface area contributed by atoms with Crippen molar-refractivity contribution < 1.29 is 4.74 Å². The molecule has 3 heteroatoms. The van der Waals surface area contributed by atoms with E-state index in [0.717, 1.165) is 46.9 Å². The van der Waals surface area contributed by atoms with Gasteiger partial charge >= 0.3 is 0 Å². The van der Waals surface area contributed by atoms with Crippen LogP contribution in [0.25, 0.3) is 21.8 Å². The largest absolute Gasteiger partial charge is 0.497 e. The lowest BCUT2D eigenvalue weighted by molar-refractivity contribution is 0.414. The Balaban J connectivity index is 2.31. The number of hydrogen-bond donors (Lipinski definition) is 0. The molecule has 0 aliphatic carbocycles. The van der Waals surface area contributed by atoms with Crippen LogP contribution in [0.3, 0.4) is 0 Å². The van der Waals surface area contributed by atoms with E-state index in [1.54, 1.807) is 7.11 Å². The number of pyridine rings is 1. The van der Waals surface area contributed by atoms with Crippen LogP contribution in [0.4, 0.5) is 0 Å². The van der Waals surface area contributed by atoms with E-state index in [1.165, 1.54) is 5.56 Å². The third kappa shape index (κ3) is 1.43. The first-order chi connectivity index (χ1) is 9.79. The van der Waals surface area contributed by atoms with E-state index in [1.807, 2.05) is 30.3 Å². The maximum absolute atomic E-state index is 12.7. The Morgan fingerprint density at radius 3 is 2.85 bits per heavy atom. The fraction of sp³-hybridized carbons (Fsp3) is 0.235. The van der Waals surface area contributed by atoms with Gasteiger partial charge in [0.1, 0.15) is 5.75 Å². The molecule has 1 aliphatic heterocycles. The molecule has 2 aromatic carbocycles. The Morgan fingerprint density at radius 1 is 1.15 bits per heavy atom. The van der Waals surface area contributed by atoms with Crippen molar-refractivity contribution in [3.8, 4) is 5.75 Å². The molecule has 0 saturated carbocycles. The molecule has 3 aromatic rings. The number of fused-ring (bicyclic) bond motifs is 2. The molecule has 20 heavy (non-hydrogen) atoms. The first-order valence-corrected chi connectivity index (χ1v) is 6.92. The number of nitrogens with zero attached hydrogens (tertiary/aromatic N) is 1. The molecule has 2 heterocycles. The van der Waals surface area contributed by atoms with Gasteiger partial charge in [0.2, 0.25) is 0 Å². The van der Waals surface area contributed by atoms with Crippen molar-refractivity contribution in [3.05, 3.63) is 52.2 Å². The maximum atomic E-state index is 12.7. The molecule has 1 aromatic heterocycles. The molecule has 100 valence electrons. The first kappa shape index (κ1) is 11.5. The molecule has 0 bridgehead atoms. The number of aryl methyl sites for hydroxylation is 2. The SMILES string of the molecule is COc1cc2c3c(c1)c(=O)c1ccccc1n3CCC2. The number of benzene rings is 2. The molecule has 0 radical (unpaired) electrons. The fourth-order valence-electron chi connectivity index (χ4n) is 3.29. The third-order valence-corrected chi connectivity index (χ3v) is 4.18. The highest BCUT2D eigenvalue weighted by molar-refractivity contribution is 5.96. The zero-order valence-corrected chi connectivity index (χ0v) is 11.3. The molecule has 0 saturated heterocycles. The molecule has 0 amide bonds. The van der Waals surface area contributed by atoms with Crippen LogP contribution in [-0.4, -0.2) is 11.7 Å². The standard InChI is InChI=1S/C17H15NO2/c1-20-12-9-11-5-4-8-18-15-7-3-2-6-13(15)17(19)14(10-12)16(11)18/h2-3,6-7,9-10H,4-5,8H2,1H3.